The summed E-state index contributed by atoms with van der Waals surface area (Å²) in [5.74, 6) is -0.593. The van der Waals surface area contributed by atoms with E-state index in [0.29, 0.717) is 0 Å². The van der Waals surface area contributed by atoms with Crippen molar-refractivity contribution in [1.29, 1.82) is 0 Å². The number of unbranched alkanes of at least 4 members (excludes halogenated alkanes) is 1. The Kier molecular flexibility index (Phi) is 5.44. The summed E-state index contributed by atoms with van der Waals surface area (Å²) in [4.78, 5) is 10.4. The van der Waals surface area contributed by atoms with E-state index in [0.717, 1.165) is 6.08 Å². The fourth-order valence-corrected chi connectivity index (χ4v) is 1.31. The molecule has 0 spiro atoms. The molecule has 0 unspecified atom stereocenters. The van der Waals surface area contributed by atoms with Crippen molar-refractivity contribution < 1.29 is 21.9 Å². The zero-order valence-corrected chi connectivity index (χ0v) is 8.06. The summed E-state index contributed by atoms with van der Waals surface area (Å²) >= 11 is 0. The molecule has 2 nitrogen and oxygen atoms in total. The van der Waals surface area contributed by atoms with Crippen molar-refractivity contribution in [2.75, 3.05) is 6.61 Å². The summed E-state index contributed by atoms with van der Waals surface area (Å²) < 4.78 is 39.7. The lowest BCUT2D eigenvalue weighted by Crippen LogP contribution is -2.14. The molecule has 0 atom stereocenters. The molecule has 0 radical (unpaired) electrons. The largest absolute Gasteiger partial charge is 0.616 e. The van der Waals surface area contributed by atoms with Crippen LogP contribution in [0.5, 0.6) is 0 Å². The first kappa shape index (κ1) is 12.2. The first-order chi connectivity index (χ1) is 5.95. The fraction of sp³-hybridized carbons (Fsp3) is 0.571. The molecule has 0 rings (SSSR count). The molecule has 0 amide bonds. The Morgan fingerprint density at radius 1 is 1.38 bits per heavy atom. The van der Waals surface area contributed by atoms with E-state index in [1.165, 1.54) is 0 Å². The predicted octanol–water partition coefficient (Wildman–Crippen LogP) is 2.34. The fourth-order valence-electron chi connectivity index (χ4n) is 0.659. The summed E-state index contributed by atoms with van der Waals surface area (Å²) in [5, 5.41) is 0. The third-order valence-corrected chi connectivity index (χ3v) is 2.19. The van der Waals surface area contributed by atoms with Crippen molar-refractivity contribution in [2.24, 2.45) is 0 Å². The van der Waals surface area contributed by atoms with Gasteiger partial charge in [0.2, 0.25) is 0 Å². The molecule has 0 heterocycles. The summed E-state index contributed by atoms with van der Waals surface area (Å²) in [7, 11) is -5.40. The van der Waals surface area contributed by atoms with Gasteiger partial charge in [-0.25, -0.2) is 17.1 Å². The van der Waals surface area contributed by atoms with E-state index in [1.54, 1.807) is 0 Å². The van der Waals surface area contributed by atoms with E-state index in [9.17, 15) is 17.1 Å². The smallest absolute Gasteiger partial charge is 0.463 e. The van der Waals surface area contributed by atoms with Gasteiger partial charge in [-0.3, -0.25) is 0 Å². The van der Waals surface area contributed by atoms with Gasteiger partial charge in [0.1, 0.15) is 0 Å². The molecule has 0 aliphatic rings. The summed E-state index contributed by atoms with van der Waals surface area (Å²) in [5.41, 5.74) is 0. The molecule has 0 aliphatic heterocycles. The Morgan fingerprint density at radius 3 is 2.46 bits per heavy atom. The molecule has 0 aromatic rings. The van der Waals surface area contributed by atoms with Crippen LogP contribution in [0.1, 0.15) is 12.8 Å². The molecule has 13 heavy (non-hydrogen) atoms. The van der Waals surface area contributed by atoms with Crippen LogP contribution in [0.2, 0.25) is 6.04 Å². The van der Waals surface area contributed by atoms with E-state index < -0.39 is 21.1 Å². The maximum Gasteiger partial charge on any atom is 0.616 e. The summed E-state index contributed by atoms with van der Waals surface area (Å²) in [6.07, 6.45) is 1.28. The average molecular weight is 212 g/mol. The minimum absolute atomic E-state index is 0.0370. The molecule has 0 N–H and O–H groups in total. The van der Waals surface area contributed by atoms with Crippen LogP contribution in [0.4, 0.5) is 12.3 Å². The first-order valence-electron chi connectivity index (χ1n) is 3.81. The second kappa shape index (κ2) is 5.79. The Balaban J connectivity index is 3.27. The molecule has 0 aromatic carbocycles. The first-order valence-corrected chi connectivity index (χ1v) is 5.66. The van der Waals surface area contributed by atoms with Gasteiger partial charge >= 0.3 is 15.0 Å². The van der Waals surface area contributed by atoms with Gasteiger partial charge in [0.25, 0.3) is 0 Å². The highest BCUT2D eigenvalue weighted by Crippen LogP contribution is 2.17. The van der Waals surface area contributed by atoms with E-state index >= 15 is 0 Å². The lowest BCUT2D eigenvalue weighted by molar-refractivity contribution is -0.137. The molecular weight excluding hydrogens is 201 g/mol. The van der Waals surface area contributed by atoms with Crippen molar-refractivity contribution in [1.82, 2.24) is 0 Å². The Labute approximate surface area is 75.9 Å². The topological polar surface area (TPSA) is 26.3 Å². The minimum atomic E-state index is -5.40. The van der Waals surface area contributed by atoms with Gasteiger partial charge < -0.3 is 4.74 Å². The molecule has 0 bridgehead atoms. The highest BCUT2D eigenvalue weighted by Gasteiger charge is 2.35. The van der Waals surface area contributed by atoms with Gasteiger partial charge in [0.05, 0.1) is 6.61 Å². The van der Waals surface area contributed by atoms with Crippen molar-refractivity contribution in [3.8, 4) is 0 Å². The van der Waals surface area contributed by atoms with Crippen LogP contribution in [0.15, 0.2) is 12.7 Å². The second-order valence-corrected chi connectivity index (χ2v) is 4.17. The highest BCUT2D eigenvalue weighted by atomic mass is 28.5. The van der Waals surface area contributed by atoms with Crippen LogP contribution >= 0.6 is 0 Å². The maximum absolute atomic E-state index is 11.7. The van der Waals surface area contributed by atoms with E-state index in [4.69, 9.17) is 0 Å². The van der Waals surface area contributed by atoms with Crippen molar-refractivity contribution in [3.05, 3.63) is 12.7 Å². The monoisotopic (exact) mass is 212 g/mol. The number of carbonyl (C=O) groups excluding carboxylic acids is 1. The van der Waals surface area contributed by atoms with E-state index in [2.05, 4.69) is 11.3 Å². The molecule has 0 aromatic heterocycles. The van der Waals surface area contributed by atoms with E-state index in [1.807, 2.05) is 0 Å². The molecular formula is C7H11F3O2Si. The van der Waals surface area contributed by atoms with Gasteiger partial charge in [0, 0.05) is 12.1 Å². The molecule has 0 saturated carbocycles. The minimum Gasteiger partial charge on any atom is -0.463 e. The van der Waals surface area contributed by atoms with Crippen LogP contribution in [0.25, 0.3) is 0 Å². The quantitative estimate of drug-likeness (QED) is 0.222. The maximum atomic E-state index is 11.7. The lowest BCUT2D eigenvalue weighted by atomic mass is 10.4. The van der Waals surface area contributed by atoms with Gasteiger partial charge in [0.15, 0.2) is 0 Å². The standard InChI is InChI=1S/C7H11F3O2Si/c1-2-7(11)12-5-3-4-6-13(8,9)10/h2H,1,3-6H2. The number of esters is 1. The third kappa shape index (κ3) is 9.13. The van der Waals surface area contributed by atoms with Crippen LogP contribution in [0, 0.1) is 0 Å². The van der Waals surface area contributed by atoms with Gasteiger partial charge in [-0.15, -0.1) is 0 Å². The van der Waals surface area contributed by atoms with E-state index in [-0.39, 0.29) is 19.4 Å². The number of ether oxygens (including phenoxy) is 1. The number of rotatable bonds is 6. The number of halogens is 3. The Morgan fingerprint density at radius 2 is 2.00 bits per heavy atom. The molecule has 76 valence electrons. The van der Waals surface area contributed by atoms with Crippen molar-refractivity contribution in [3.63, 3.8) is 0 Å². The van der Waals surface area contributed by atoms with Crippen molar-refractivity contribution in [2.45, 2.75) is 18.9 Å². The normalized spacial score (nSPS) is 11.0. The Hall–Kier alpha value is -0.783. The number of carbonyl (C=O) groups is 1. The molecule has 0 fully saturated rings. The second-order valence-electron chi connectivity index (χ2n) is 2.44. The number of hydrogen-bond acceptors (Lipinski definition) is 2. The lowest BCUT2D eigenvalue weighted by Gasteiger charge is -2.02. The Bertz CT molecular complexity index is 179. The van der Waals surface area contributed by atoms with Gasteiger partial charge in [-0.2, -0.15) is 0 Å². The van der Waals surface area contributed by atoms with Crippen LogP contribution in [0.3, 0.4) is 0 Å². The number of hydrogen-bond donors (Lipinski definition) is 0. The predicted molar refractivity (Wildman–Crippen MR) is 44.3 cm³/mol. The van der Waals surface area contributed by atoms with Gasteiger partial charge in [-0.05, 0) is 12.8 Å². The molecule has 6 heteroatoms. The molecule has 0 aliphatic carbocycles. The van der Waals surface area contributed by atoms with Crippen LogP contribution in [-0.4, -0.2) is 21.7 Å². The third-order valence-electron chi connectivity index (χ3n) is 1.27. The highest BCUT2D eigenvalue weighted by molar-refractivity contribution is 6.58. The SMILES string of the molecule is C=CC(=O)OCCCC[Si](F)(F)F. The average Bonchev–Trinajstić information content (AvgIpc) is 2.01. The molecule has 0 saturated heterocycles. The zero-order valence-electron chi connectivity index (χ0n) is 7.06. The van der Waals surface area contributed by atoms with Crippen LogP contribution < -0.4 is 0 Å². The summed E-state index contributed by atoms with van der Waals surface area (Å²) in [6.45, 7) is 3.19. The zero-order chi connectivity index (χ0) is 10.3. The van der Waals surface area contributed by atoms with Crippen molar-refractivity contribution >= 4 is 15.0 Å². The van der Waals surface area contributed by atoms with Crippen LogP contribution in [-0.2, 0) is 9.53 Å². The van der Waals surface area contributed by atoms with Gasteiger partial charge in [-0.1, -0.05) is 6.58 Å². The summed E-state index contributed by atoms with van der Waals surface area (Å²) in [6, 6.07) is -0.696.